The maximum Gasteiger partial charge on any atom is 0.00747 e. The van der Waals surface area contributed by atoms with Crippen molar-refractivity contribution in [1.82, 2.24) is 5.32 Å². The highest BCUT2D eigenvalue weighted by molar-refractivity contribution is 4.87. The molecule has 0 unspecified atom stereocenters. The highest BCUT2D eigenvalue weighted by atomic mass is 14.9. The molecule has 0 aliphatic heterocycles. The van der Waals surface area contributed by atoms with Crippen LogP contribution in [0.3, 0.4) is 0 Å². The first-order chi connectivity index (χ1) is 6.68. The summed E-state index contributed by atoms with van der Waals surface area (Å²) in [5.74, 6) is 0.827. The lowest BCUT2D eigenvalue weighted by Gasteiger charge is -2.31. The van der Waals surface area contributed by atoms with Crippen LogP contribution in [-0.2, 0) is 0 Å². The van der Waals surface area contributed by atoms with Gasteiger partial charge in [0.25, 0.3) is 0 Å². The lowest BCUT2D eigenvalue weighted by atomic mass is 9.78. The fraction of sp³-hybridized carbons (Fsp3) is 1.00. The van der Waals surface area contributed by atoms with Crippen LogP contribution in [0.25, 0.3) is 0 Å². The van der Waals surface area contributed by atoms with Crippen molar-refractivity contribution in [2.24, 2.45) is 17.1 Å². The molecule has 1 aliphatic rings. The van der Waals surface area contributed by atoms with Crippen LogP contribution >= 0.6 is 0 Å². The molecular formula is C12H26N2. The van der Waals surface area contributed by atoms with Gasteiger partial charge in [-0.1, -0.05) is 26.7 Å². The molecule has 0 radical (unpaired) electrons. The zero-order valence-electron chi connectivity index (χ0n) is 9.81. The summed E-state index contributed by atoms with van der Waals surface area (Å²) in [6, 6.07) is 0. The van der Waals surface area contributed by atoms with E-state index in [1.807, 2.05) is 0 Å². The second kappa shape index (κ2) is 5.72. The van der Waals surface area contributed by atoms with Crippen molar-refractivity contribution in [1.29, 1.82) is 0 Å². The predicted octanol–water partition coefficient (Wildman–Crippen LogP) is 2.14. The van der Waals surface area contributed by atoms with Gasteiger partial charge < -0.3 is 11.1 Å². The first-order valence-corrected chi connectivity index (χ1v) is 6.09. The van der Waals surface area contributed by atoms with E-state index in [-0.39, 0.29) is 0 Å². The molecule has 84 valence electrons. The van der Waals surface area contributed by atoms with Crippen molar-refractivity contribution in [3.05, 3.63) is 0 Å². The van der Waals surface area contributed by atoms with Gasteiger partial charge in [0.15, 0.2) is 0 Å². The topological polar surface area (TPSA) is 38.0 Å². The Balaban J connectivity index is 2.36. The van der Waals surface area contributed by atoms with Crippen LogP contribution in [0, 0.1) is 11.3 Å². The van der Waals surface area contributed by atoms with E-state index in [2.05, 4.69) is 19.2 Å². The largest absolute Gasteiger partial charge is 0.329 e. The molecule has 1 saturated carbocycles. The quantitative estimate of drug-likeness (QED) is 0.642. The minimum atomic E-state index is 0.601. The van der Waals surface area contributed by atoms with E-state index in [0.29, 0.717) is 5.41 Å². The number of nitrogens with one attached hydrogen (secondary N) is 1. The predicted molar refractivity (Wildman–Crippen MR) is 62.3 cm³/mol. The molecule has 0 aromatic rings. The summed E-state index contributed by atoms with van der Waals surface area (Å²) in [5, 5.41) is 3.50. The fourth-order valence-corrected chi connectivity index (χ4v) is 2.90. The number of hydrogen-bond donors (Lipinski definition) is 2. The van der Waals surface area contributed by atoms with Crippen LogP contribution < -0.4 is 11.1 Å². The molecule has 0 spiro atoms. The minimum absolute atomic E-state index is 0.601. The van der Waals surface area contributed by atoms with Crippen LogP contribution in [0.15, 0.2) is 0 Å². The monoisotopic (exact) mass is 198 g/mol. The maximum absolute atomic E-state index is 5.50. The van der Waals surface area contributed by atoms with E-state index < -0.39 is 0 Å². The molecule has 2 nitrogen and oxygen atoms in total. The van der Waals surface area contributed by atoms with E-state index in [1.165, 1.54) is 38.6 Å². The molecule has 1 rings (SSSR count). The molecule has 1 aliphatic carbocycles. The van der Waals surface area contributed by atoms with Gasteiger partial charge in [0.2, 0.25) is 0 Å². The minimum Gasteiger partial charge on any atom is -0.329 e. The molecule has 0 bridgehead atoms. The molecule has 0 aromatic heterocycles. The van der Waals surface area contributed by atoms with Crippen molar-refractivity contribution in [3.8, 4) is 0 Å². The Bertz CT molecular complexity index is 148. The summed E-state index contributed by atoms with van der Waals surface area (Å²) in [5.41, 5.74) is 6.10. The van der Waals surface area contributed by atoms with Gasteiger partial charge in [0.1, 0.15) is 0 Å². The number of nitrogens with two attached hydrogens (primary N) is 1. The van der Waals surface area contributed by atoms with Gasteiger partial charge >= 0.3 is 0 Å². The van der Waals surface area contributed by atoms with Gasteiger partial charge in [0.05, 0.1) is 0 Å². The molecule has 0 aromatic carbocycles. The average Bonchev–Trinajstić information content (AvgIpc) is 2.53. The van der Waals surface area contributed by atoms with Gasteiger partial charge in [-0.05, 0) is 30.6 Å². The zero-order chi connectivity index (χ0) is 10.4. The summed E-state index contributed by atoms with van der Waals surface area (Å²) in [4.78, 5) is 0. The second-order valence-corrected chi connectivity index (χ2v) is 5.27. The normalized spacial score (nSPS) is 20.6. The van der Waals surface area contributed by atoms with E-state index in [9.17, 15) is 0 Å². The lowest BCUT2D eigenvalue weighted by Crippen LogP contribution is -2.35. The van der Waals surface area contributed by atoms with Crippen LogP contribution in [0.4, 0.5) is 0 Å². The maximum atomic E-state index is 5.50. The van der Waals surface area contributed by atoms with E-state index in [1.54, 1.807) is 0 Å². The molecule has 14 heavy (non-hydrogen) atoms. The molecule has 0 heterocycles. The summed E-state index contributed by atoms with van der Waals surface area (Å²) in [6.07, 6.45) is 7.07. The first kappa shape index (κ1) is 12.0. The lowest BCUT2D eigenvalue weighted by molar-refractivity contribution is 0.225. The van der Waals surface area contributed by atoms with Crippen molar-refractivity contribution in [3.63, 3.8) is 0 Å². The van der Waals surface area contributed by atoms with Crippen molar-refractivity contribution in [2.75, 3.05) is 19.6 Å². The Morgan fingerprint density at radius 1 is 1.29 bits per heavy atom. The summed E-state index contributed by atoms with van der Waals surface area (Å²) < 4.78 is 0. The Morgan fingerprint density at radius 3 is 2.43 bits per heavy atom. The highest BCUT2D eigenvalue weighted by Gasteiger charge is 2.33. The SMILES string of the molecule is CC(C)CC1(CNCCN)CCCC1. The number of rotatable bonds is 6. The number of hydrogen-bond acceptors (Lipinski definition) is 2. The van der Waals surface area contributed by atoms with Crippen LogP contribution in [-0.4, -0.2) is 19.6 Å². The molecular weight excluding hydrogens is 172 g/mol. The zero-order valence-corrected chi connectivity index (χ0v) is 9.81. The highest BCUT2D eigenvalue weighted by Crippen LogP contribution is 2.42. The molecule has 0 saturated heterocycles. The van der Waals surface area contributed by atoms with E-state index in [0.717, 1.165) is 19.0 Å². The third kappa shape index (κ3) is 3.58. The third-order valence-electron chi connectivity index (χ3n) is 3.33. The van der Waals surface area contributed by atoms with E-state index in [4.69, 9.17) is 5.73 Å². The van der Waals surface area contributed by atoms with Gasteiger partial charge in [-0.2, -0.15) is 0 Å². The Labute approximate surface area is 88.6 Å². The standard InChI is InChI=1S/C12H26N2/c1-11(2)9-12(5-3-4-6-12)10-14-8-7-13/h11,14H,3-10,13H2,1-2H3. The van der Waals surface area contributed by atoms with Crippen molar-refractivity contribution >= 4 is 0 Å². The van der Waals surface area contributed by atoms with Crippen LogP contribution in [0.5, 0.6) is 0 Å². The first-order valence-electron chi connectivity index (χ1n) is 6.09. The summed E-state index contributed by atoms with van der Waals surface area (Å²) in [6.45, 7) is 7.59. The summed E-state index contributed by atoms with van der Waals surface area (Å²) in [7, 11) is 0. The third-order valence-corrected chi connectivity index (χ3v) is 3.33. The Kier molecular flexibility index (Phi) is 4.90. The van der Waals surface area contributed by atoms with Crippen molar-refractivity contribution < 1.29 is 0 Å². The van der Waals surface area contributed by atoms with Crippen LogP contribution in [0.2, 0.25) is 0 Å². The molecule has 3 N–H and O–H groups in total. The van der Waals surface area contributed by atoms with Gasteiger partial charge in [-0.3, -0.25) is 0 Å². The summed E-state index contributed by atoms with van der Waals surface area (Å²) >= 11 is 0. The second-order valence-electron chi connectivity index (χ2n) is 5.27. The Morgan fingerprint density at radius 2 is 1.93 bits per heavy atom. The van der Waals surface area contributed by atoms with E-state index >= 15 is 0 Å². The molecule has 0 amide bonds. The van der Waals surface area contributed by atoms with Gasteiger partial charge in [-0.15, -0.1) is 0 Å². The van der Waals surface area contributed by atoms with Crippen LogP contribution in [0.1, 0.15) is 46.0 Å². The Hall–Kier alpha value is -0.0800. The van der Waals surface area contributed by atoms with Gasteiger partial charge in [-0.25, -0.2) is 0 Å². The average molecular weight is 198 g/mol. The smallest absolute Gasteiger partial charge is 0.00747 e. The molecule has 2 heteroatoms. The molecule has 1 fully saturated rings. The van der Waals surface area contributed by atoms with Gasteiger partial charge in [0, 0.05) is 19.6 Å². The fourth-order valence-electron chi connectivity index (χ4n) is 2.90. The molecule has 0 atom stereocenters. The van der Waals surface area contributed by atoms with Crippen molar-refractivity contribution in [2.45, 2.75) is 46.0 Å².